The van der Waals surface area contributed by atoms with Crippen molar-refractivity contribution in [2.24, 2.45) is 0 Å². The standard InChI is InChI=1S/C22H25N2O5P/c1-16-19(15-21(25)23-13-8-14-29-30(26,27)28-2)22(17-9-4-3-5-10-17)18-11-6-7-12-20(18)24-16/h3-7,9-12H,8,13-15H2,1-2H3,(H,23,25)(H,26,27). The Morgan fingerprint density at radius 2 is 1.83 bits per heavy atom. The Bertz CT molecular complexity index is 1070. The van der Waals surface area contributed by atoms with E-state index in [4.69, 9.17) is 4.52 Å². The maximum Gasteiger partial charge on any atom is 0.471 e. The van der Waals surface area contributed by atoms with E-state index in [1.165, 1.54) is 0 Å². The van der Waals surface area contributed by atoms with E-state index in [0.29, 0.717) is 13.0 Å². The second-order valence-electron chi connectivity index (χ2n) is 6.80. The van der Waals surface area contributed by atoms with Crippen LogP contribution in [0.4, 0.5) is 0 Å². The number of benzene rings is 2. The van der Waals surface area contributed by atoms with Crippen molar-refractivity contribution in [3.8, 4) is 11.1 Å². The molecule has 0 aliphatic carbocycles. The van der Waals surface area contributed by atoms with Gasteiger partial charge >= 0.3 is 7.82 Å². The molecule has 0 aliphatic rings. The molecule has 1 atom stereocenters. The monoisotopic (exact) mass is 428 g/mol. The average molecular weight is 428 g/mol. The van der Waals surface area contributed by atoms with Gasteiger partial charge < -0.3 is 10.2 Å². The number of carbonyl (C=O) groups excluding carboxylic acids is 1. The smallest absolute Gasteiger partial charge is 0.356 e. The fourth-order valence-electron chi connectivity index (χ4n) is 3.28. The fourth-order valence-corrected chi connectivity index (χ4v) is 3.75. The van der Waals surface area contributed by atoms with Gasteiger partial charge in [0.1, 0.15) is 0 Å². The minimum Gasteiger partial charge on any atom is -0.356 e. The number of aryl methyl sites for hydroxylation is 1. The highest BCUT2D eigenvalue weighted by Crippen LogP contribution is 2.41. The molecule has 8 heteroatoms. The lowest BCUT2D eigenvalue weighted by atomic mass is 9.92. The van der Waals surface area contributed by atoms with Crippen LogP contribution in [0.1, 0.15) is 17.7 Å². The van der Waals surface area contributed by atoms with E-state index in [1.54, 1.807) is 0 Å². The summed E-state index contributed by atoms with van der Waals surface area (Å²) >= 11 is 0. The van der Waals surface area contributed by atoms with Gasteiger partial charge in [0.15, 0.2) is 0 Å². The van der Waals surface area contributed by atoms with Crippen LogP contribution in [0.2, 0.25) is 0 Å². The molecule has 30 heavy (non-hydrogen) atoms. The van der Waals surface area contributed by atoms with Crippen molar-refractivity contribution < 1.29 is 23.3 Å². The highest BCUT2D eigenvalue weighted by molar-refractivity contribution is 7.47. The van der Waals surface area contributed by atoms with Crippen LogP contribution in [0.3, 0.4) is 0 Å². The summed E-state index contributed by atoms with van der Waals surface area (Å²) in [6, 6.07) is 17.9. The van der Waals surface area contributed by atoms with Gasteiger partial charge in [-0.15, -0.1) is 0 Å². The first-order chi connectivity index (χ1) is 14.4. The minimum absolute atomic E-state index is 0.00766. The molecule has 3 rings (SSSR count). The molecule has 0 fully saturated rings. The summed E-state index contributed by atoms with van der Waals surface area (Å²) in [5.41, 5.74) is 4.63. The summed E-state index contributed by atoms with van der Waals surface area (Å²) in [6.07, 6.45) is 0.575. The zero-order chi connectivity index (χ0) is 21.6. The molecule has 3 aromatic rings. The number of aromatic nitrogens is 1. The van der Waals surface area contributed by atoms with Crippen molar-refractivity contribution in [1.82, 2.24) is 10.3 Å². The number of nitrogens with one attached hydrogen (secondary N) is 1. The van der Waals surface area contributed by atoms with Crippen LogP contribution in [-0.2, 0) is 24.8 Å². The first-order valence-corrected chi connectivity index (χ1v) is 11.1. The van der Waals surface area contributed by atoms with Crippen LogP contribution in [-0.4, -0.2) is 36.0 Å². The van der Waals surface area contributed by atoms with Gasteiger partial charge in [0.25, 0.3) is 0 Å². The van der Waals surface area contributed by atoms with E-state index >= 15 is 0 Å². The summed E-state index contributed by atoms with van der Waals surface area (Å²) in [5.74, 6) is -0.147. The zero-order valence-corrected chi connectivity index (χ0v) is 17.9. The molecule has 1 heterocycles. The maximum atomic E-state index is 12.6. The van der Waals surface area contributed by atoms with Crippen LogP contribution < -0.4 is 5.32 Å². The van der Waals surface area contributed by atoms with Crippen molar-refractivity contribution >= 4 is 24.6 Å². The Morgan fingerprint density at radius 3 is 2.57 bits per heavy atom. The molecule has 158 valence electrons. The number of phosphoric acid groups is 1. The van der Waals surface area contributed by atoms with Gasteiger partial charge in [-0.05, 0) is 36.1 Å². The topological polar surface area (TPSA) is 97.8 Å². The summed E-state index contributed by atoms with van der Waals surface area (Å²) in [6.45, 7) is 2.25. The Kier molecular flexibility index (Phi) is 7.34. The number of hydrogen-bond acceptors (Lipinski definition) is 5. The molecule has 2 aromatic carbocycles. The molecule has 1 unspecified atom stereocenters. The highest BCUT2D eigenvalue weighted by Gasteiger charge is 2.18. The third-order valence-electron chi connectivity index (χ3n) is 4.73. The number of pyridine rings is 1. The van der Waals surface area contributed by atoms with Crippen molar-refractivity contribution in [2.75, 3.05) is 20.3 Å². The molecule has 0 saturated carbocycles. The number of phosphoric ester groups is 1. The van der Waals surface area contributed by atoms with Gasteiger partial charge in [-0.3, -0.25) is 18.8 Å². The molecule has 0 saturated heterocycles. The van der Waals surface area contributed by atoms with Gasteiger partial charge in [-0.2, -0.15) is 0 Å². The number of carbonyl (C=O) groups is 1. The van der Waals surface area contributed by atoms with Crippen LogP contribution >= 0.6 is 7.82 Å². The molecule has 1 aromatic heterocycles. The Hall–Kier alpha value is -2.57. The predicted octanol–water partition coefficient (Wildman–Crippen LogP) is 4.02. The normalized spacial score (nSPS) is 13.2. The van der Waals surface area contributed by atoms with Crippen molar-refractivity contribution in [2.45, 2.75) is 19.8 Å². The SMILES string of the molecule is COP(=O)(O)OCCCNC(=O)Cc1c(C)nc2ccccc2c1-c1ccccc1. The van der Waals surface area contributed by atoms with Gasteiger partial charge in [-0.1, -0.05) is 48.5 Å². The number of fused-ring (bicyclic) bond motifs is 1. The quantitative estimate of drug-likeness (QED) is 0.395. The van der Waals surface area contributed by atoms with E-state index in [2.05, 4.69) is 14.8 Å². The van der Waals surface area contributed by atoms with Crippen LogP contribution in [0.5, 0.6) is 0 Å². The second-order valence-corrected chi connectivity index (χ2v) is 8.36. The van der Waals surface area contributed by atoms with Crippen molar-refractivity contribution in [3.05, 3.63) is 65.9 Å². The zero-order valence-electron chi connectivity index (χ0n) is 17.0. The van der Waals surface area contributed by atoms with E-state index in [0.717, 1.165) is 40.4 Å². The first-order valence-electron chi connectivity index (χ1n) is 9.64. The second kappa shape index (κ2) is 9.96. The largest absolute Gasteiger partial charge is 0.471 e. The Labute approximate surface area is 175 Å². The number of hydrogen-bond donors (Lipinski definition) is 2. The molecule has 0 aliphatic heterocycles. The van der Waals surface area contributed by atoms with E-state index < -0.39 is 7.82 Å². The van der Waals surface area contributed by atoms with Gasteiger partial charge in [0.05, 0.1) is 18.5 Å². The lowest BCUT2D eigenvalue weighted by Gasteiger charge is -2.16. The fraction of sp³-hybridized carbons (Fsp3) is 0.273. The molecule has 2 N–H and O–H groups in total. The molecule has 0 bridgehead atoms. The van der Waals surface area contributed by atoms with E-state index in [-0.39, 0.29) is 18.9 Å². The van der Waals surface area contributed by atoms with Crippen LogP contribution in [0.25, 0.3) is 22.0 Å². The summed E-state index contributed by atoms with van der Waals surface area (Å²) in [5, 5.41) is 3.83. The Balaban J connectivity index is 1.76. The average Bonchev–Trinajstić information content (AvgIpc) is 2.74. The number of para-hydroxylation sites is 1. The third-order valence-corrected chi connectivity index (χ3v) is 5.70. The maximum absolute atomic E-state index is 12.6. The molecule has 0 radical (unpaired) electrons. The number of nitrogens with zero attached hydrogens (tertiary/aromatic N) is 1. The molecular weight excluding hydrogens is 403 g/mol. The summed E-state index contributed by atoms with van der Waals surface area (Å²) < 4.78 is 20.3. The van der Waals surface area contributed by atoms with Gasteiger partial charge in [0.2, 0.25) is 5.91 Å². The molecule has 1 amide bonds. The van der Waals surface area contributed by atoms with Crippen LogP contribution in [0, 0.1) is 6.92 Å². The summed E-state index contributed by atoms with van der Waals surface area (Å²) in [4.78, 5) is 26.5. The summed E-state index contributed by atoms with van der Waals surface area (Å²) in [7, 11) is -2.88. The van der Waals surface area contributed by atoms with Crippen LogP contribution in [0.15, 0.2) is 54.6 Å². The van der Waals surface area contributed by atoms with E-state index in [1.807, 2.05) is 61.5 Å². The third kappa shape index (κ3) is 5.52. The van der Waals surface area contributed by atoms with Gasteiger partial charge in [-0.25, -0.2) is 4.57 Å². The van der Waals surface area contributed by atoms with Gasteiger partial charge in [0, 0.05) is 24.7 Å². The lowest BCUT2D eigenvalue weighted by molar-refractivity contribution is -0.120. The first kappa shape index (κ1) is 22.1. The highest BCUT2D eigenvalue weighted by atomic mass is 31.2. The minimum atomic E-state index is -3.98. The predicted molar refractivity (Wildman–Crippen MR) is 116 cm³/mol. The number of amides is 1. The number of rotatable bonds is 9. The van der Waals surface area contributed by atoms with E-state index in [9.17, 15) is 14.3 Å². The lowest BCUT2D eigenvalue weighted by Crippen LogP contribution is -2.27. The van der Waals surface area contributed by atoms with Crippen molar-refractivity contribution in [1.29, 1.82) is 0 Å². The molecular formula is C22H25N2O5P. The Morgan fingerprint density at radius 1 is 1.13 bits per heavy atom. The molecule has 0 spiro atoms. The molecule has 7 nitrogen and oxygen atoms in total. The van der Waals surface area contributed by atoms with Crippen molar-refractivity contribution in [3.63, 3.8) is 0 Å².